The van der Waals surface area contributed by atoms with Crippen LogP contribution in [0.2, 0.25) is 0 Å². The summed E-state index contributed by atoms with van der Waals surface area (Å²) < 4.78 is 32.4. The van der Waals surface area contributed by atoms with Gasteiger partial charge >= 0.3 is 0 Å². The first-order valence-corrected chi connectivity index (χ1v) is 9.76. The molecule has 1 atom stereocenters. The largest absolute Gasteiger partial charge is 0.494 e. The molecule has 0 radical (unpaired) electrons. The van der Waals surface area contributed by atoms with Crippen molar-refractivity contribution in [3.8, 4) is 5.75 Å². The number of ether oxygens (including phenoxy) is 1. The quantitative estimate of drug-likeness (QED) is 0.545. The van der Waals surface area contributed by atoms with Crippen LogP contribution in [0.4, 0.5) is 20.2 Å². The Bertz CT molecular complexity index is 915. The molecule has 2 aliphatic rings. The summed E-state index contributed by atoms with van der Waals surface area (Å²) in [6.07, 6.45) is 2.37. The summed E-state index contributed by atoms with van der Waals surface area (Å²) in [5, 5.41) is 5.78. The summed E-state index contributed by atoms with van der Waals surface area (Å²) in [4.78, 5) is 14.2. The molecule has 2 aromatic rings. The molecule has 0 bridgehead atoms. The molecular weight excluding hydrogens is 376 g/mol. The van der Waals surface area contributed by atoms with Gasteiger partial charge in [-0.15, -0.1) is 0 Å². The lowest BCUT2D eigenvalue weighted by molar-refractivity contribution is -0.110. The van der Waals surface area contributed by atoms with Crippen LogP contribution in [0.15, 0.2) is 48.7 Å². The number of likely N-dealkylation sites (tertiary alicyclic amines) is 1. The first kappa shape index (κ1) is 19.4. The monoisotopic (exact) mass is 399 g/mol. The number of anilines is 2. The molecule has 2 aliphatic heterocycles. The summed E-state index contributed by atoms with van der Waals surface area (Å²) in [6, 6.07) is 11.6. The van der Waals surface area contributed by atoms with Gasteiger partial charge in [-0.25, -0.2) is 8.78 Å². The zero-order chi connectivity index (χ0) is 20.2. The summed E-state index contributed by atoms with van der Waals surface area (Å²) >= 11 is 0. The molecule has 0 spiro atoms. The molecule has 0 aliphatic carbocycles. The van der Waals surface area contributed by atoms with Gasteiger partial charge in [-0.1, -0.05) is 0 Å². The number of nitrogens with zero attached hydrogens (tertiary/aromatic N) is 1. The van der Waals surface area contributed by atoms with Crippen LogP contribution in [-0.4, -0.2) is 43.2 Å². The molecule has 1 amide bonds. The molecule has 0 aromatic heterocycles. The molecule has 1 unspecified atom stereocenters. The Balaban J connectivity index is 1.28. The smallest absolute Gasteiger partial charge is 0.257 e. The number of nitrogens with one attached hydrogen (secondary N) is 2. The van der Waals surface area contributed by atoms with Gasteiger partial charge < -0.3 is 20.3 Å². The van der Waals surface area contributed by atoms with E-state index in [0.717, 1.165) is 30.9 Å². The molecule has 1 saturated heterocycles. The second kappa shape index (κ2) is 8.61. The predicted octanol–water partition coefficient (Wildman–Crippen LogP) is 4.04. The number of fused-ring (bicyclic) bond motifs is 1. The van der Waals surface area contributed by atoms with Crippen molar-refractivity contribution < 1.29 is 18.3 Å². The van der Waals surface area contributed by atoms with Crippen molar-refractivity contribution >= 4 is 22.9 Å². The summed E-state index contributed by atoms with van der Waals surface area (Å²) in [5.74, 6) is 0.0936. The third-order valence-electron chi connectivity index (χ3n) is 5.10. The van der Waals surface area contributed by atoms with Crippen molar-refractivity contribution in [2.45, 2.75) is 19.0 Å². The molecule has 4 rings (SSSR count). The van der Waals surface area contributed by atoms with E-state index in [2.05, 4.69) is 15.5 Å². The van der Waals surface area contributed by atoms with Crippen LogP contribution in [0.5, 0.6) is 5.75 Å². The third kappa shape index (κ3) is 4.74. The number of benzene rings is 2. The molecule has 2 heterocycles. The number of hydrogen-bond donors (Lipinski definition) is 2. The van der Waals surface area contributed by atoms with E-state index in [4.69, 9.17) is 4.74 Å². The van der Waals surface area contributed by atoms with Crippen LogP contribution in [0, 0.1) is 5.82 Å². The van der Waals surface area contributed by atoms with Crippen LogP contribution in [0.1, 0.15) is 18.4 Å². The minimum Gasteiger partial charge on any atom is -0.494 e. The highest BCUT2D eigenvalue weighted by molar-refractivity contribution is 6.31. The van der Waals surface area contributed by atoms with E-state index in [1.54, 1.807) is 12.3 Å². The van der Waals surface area contributed by atoms with Crippen molar-refractivity contribution in [2.24, 2.45) is 0 Å². The number of hydrogen-bond acceptors (Lipinski definition) is 4. The predicted molar refractivity (Wildman–Crippen MR) is 109 cm³/mol. The van der Waals surface area contributed by atoms with Crippen LogP contribution in [-0.2, 0) is 4.79 Å². The molecular formula is C22H23F2N3O2. The Morgan fingerprint density at radius 2 is 2.07 bits per heavy atom. The van der Waals surface area contributed by atoms with E-state index in [1.807, 2.05) is 24.3 Å². The van der Waals surface area contributed by atoms with Gasteiger partial charge in [-0.05, 0) is 55.3 Å². The average Bonchev–Trinajstić information content (AvgIpc) is 3.26. The lowest BCUT2D eigenvalue weighted by Gasteiger charge is -2.14. The van der Waals surface area contributed by atoms with Gasteiger partial charge in [0.2, 0.25) is 0 Å². The lowest BCUT2D eigenvalue weighted by atomic mass is 10.1. The van der Waals surface area contributed by atoms with Crippen LogP contribution >= 0.6 is 0 Å². The summed E-state index contributed by atoms with van der Waals surface area (Å²) in [6.45, 7) is 2.78. The normalized spacial score (nSPS) is 20.0. The van der Waals surface area contributed by atoms with Crippen molar-refractivity contribution in [3.63, 3.8) is 0 Å². The average molecular weight is 399 g/mol. The third-order valence-corrected chi connectivity index (χ3v) is 5.10. The second-order valence-corrected chi connectivity index (χ2v) is 7.26. The highest BCUT2D eigenvalue weighted by atomic mass is 19.1. The Kier molecular flexibility index (Phi) is 5.76. The molecule has 0 saturated carbocycles. The molecule has 5 nitrogen and oxygen atoms in total. The fraction of sp³-hybridized carbons (Fsp3) is 0.318. The Morgan fingerprint density at radius 1 is 1.24 bits per heavy atom. The fourth-order valence-electron chi connectivity index (χ4n) is 3.57. The maximum atomic E-state index is 13.5. The van der Waals surface area contributed by atoms with E-state index in [-0.39, 0.29) is 11.7 Å². The highest BCUT2D eigenvalue weighted by Crippen LogP contribution is 2.32. The van der Waals surface area contributed by atoms with E-state index in [0.29, 0.717) is 36.4 Å². The van der Waals surface area contributed by atoms with Gasteiger partial charge in [0.05, 0.1) is 12.2 Å². The number of amides is 1. The Labute approximate surface area is 168 Å². The Hall–Kier alpha value is -2.93. The van der Waals surface area contributed by atoms with E-state index in [9.17, 15) is 13.6 Å². The SMILES string of the molecule is O=C1Nc2ccc(F)cc2C1=CNc1ccc(OCCCN2CCC(F)C2)cc1. The van der Waals surface area contributed by atoms with Gasteiger partial charge in [0, 0.05) is 42.8 Å². The topological polar surface area (TPSA) is 53.6 Å². The van der Waals surface area contributed by atoms with Gasteiger partial charge in [0.1, 0.15) is 17.7 Å². The highest BCUT2D eigenvalue weighted by Gasteiger charge is 2.24. The molecule has 2 N–H and O–H groups in total. The zero-order valence-corrected chi connectivity index (χ0v) is 16.0. The van der Waals surface area contributed by atoms with Crippen molar-refractivity contribution in [2.75, 3.05) is 36.9 Å². The van der Waals surface area contributed by atoms with Gasteiger partial charge in [0.15, 0.2) is 0 Å². The second-order valence-electron chi connectivity index (χ2n) is 7.26. The summed E-state index contributed by atoms with van der Waals surface area (Å²) in [7, 11) is 0. The van der Waals surface area contributed by atoms with E-state index < -0.39 is 6.17 Å². The van der Waals surface area contributed by atoms with Crippen molar-refractivity contribution in [1.29, 1.82) is 0 Å². The number of carbonyl (C=O) groups excluding carboxylic acids is 1. The lowest BCUT2D eigenvalue weighted by Crippen LogP contribution is -2.23. The van der Waals surface area contributed by atoms with Gasteiger partial charge in [-0.2, -0.15) is 0 Å². The number of halogens is 2. The first-order chi connectivity index (χ1) is 14.1. The molecule has 152 valence electrons. The van der Waals surface area contributed by atoms with Gasteiger partial charge in [0.25, 0.3) is 5.91 Å². The number of rotatable bonds is 7. The van der Waals surface area contributed by atoms with Gasteiger partial charge in [-0.3, -0.25) is 4.79 Å². The molecule has 7 heteroatoms. The molecule has 29 heavy (non-hydrogen) atoms. The Morgan fingerprint density at radius 3 is 2.83 bits per heavy atom. The minimum absolute atomic E-state index is 0.268. The minimum atomic E-state index is -0.686. The van der Waals surface area contributed by atoms with E-state index in [1.165, 1.54) is 12.1 Å². The maximum absolute atomic E-state index is 13.5. The van der Waals surface area contributed by atoms with Crippen molar-refractivity contribution in [1.82, 2.24) is 4.90 Å². The summed E-state index contributed by atoms with van der Waals surface area (Å²) in [5.41, 5.74) is 2.31. The fourth-order valence-corrected chi connectivity index (χ4v) is 3.57. The van der Waals surface area contributed by atoms with Crippen LogP contribution in [0.3, 0.4) is 0 Å². The maximum Gasteiger partial charge on any atom is 0.257 e. The molecule has 2 aromatic carbocycles. The number of alkyl halides is 1. The standard InChI is InChI=1S/C22H23F2N3O2/c23-15-2-7-21-19(12-15)20(22(28)26-21)13-25-17-3-5-18(6-4-17)29-11-1-9-27-10-8-16(24)14-27/h2-7,12-13,16,25H,1,8-11,14H2,(H,26,28). The van der Waals surface area contributed by atoms with Crippen LogP contribution in [0.25, 0.3) is 5.57 Å². The first-order valence-electron chi connectivity index (χ1n) is 9.76. The zero-order valence-electron chi connectivity index (χ0n) is 16.0. The molecule has 1 fully saturated rings. The van der Waals surface area contributed by atoms with E-state index >= 15 is 0 Å². The van der Waals surface area contributed by atoms with Crippen molar-refractivity contribution in [3.05, 3.63) is 60.0 Å². The number of carbonyl (C=O) groups is 1. The van der Waals surface area contributed by atoms with Crippen LogP contribution < -0.4 is 15.4 Å².